The predicted octanol–water partition coefficient (Wildman–Crippen LogP) is 1.52. The number of benzene rings is 1. The Morgan fingerprint density at radius 3 is 2.96 bits per heavy atom. The molecule has 1 aromatic heterocycles. The second-order valence-corrected chi connectivity index (χ2v) is 5.65. The second kappa shape index (κ2) is 7.39. The van der Waals surface area contributed by atoms with Crippen molar-refractivity contribution in [2.45, 2.75) is 25.2 Å². The number of rotatable bonds is 5. The smallest absolute Gasteiger partial charge is 0.272 e. The van der Waals surface area contributed by atoms with E-state index in [9.17, 15) is 4.79 Å². The summed E-state index contributed by atoms with van der Waals surface area (Å²) in [4.78, 5) is 12.2. The second-order valence-electron chi connectivity index (χ2n) is 5.65. The minimum absolute atomic E-state index is 0.0587. The van der Waals surface area contributed by atoms with Gasteiger partial charge >= 0.3 is 0 Å². The highest BCUT2D eigenvalue weighted by atomic mass is 16.5. The summed E-state index contributed by atoms with van der Waals surface area (Å²) < 4.78 is 13.1. The molecule has 122 valence electrons. The molecular formula is C17H21N3O3. The molecule has 1 aliphatic rings. The summed E-state index contributed by atoms with van der Waals surface area (Å²) in [5.74, 6) is -0.200. The molecule has 1 aliphatic heterocycles. The molecular weight excluding hydrogens is 294 g/mol. The molecule has 1 saturated heterocycles. The van der Waals surface area contributed by atoms with Crippen molar-refractivity contribution in [3.05, 3.63) is 53.9 Å². The molecule has 0 saturated carbocycles. The average molecular weight is 315 g/mol. The van der Waals surface area contributed by atoms with Gasteiger partial charge in [0.1, 0.15) is 5.69 Å². The van der Waals surface area contributed by atoms with Crippen LogP contribution in [0.1, 0.15) is 22.5 Å². The van der Waals surface area contributed by atoms with Gasteiger partial charge in [-0.3, -0.25) is 9.48 Å². The van der Waals surface area contributed by atoms with Crippen LogP contribution in [0, 0.1) is 0 Å². The maximum Gasteiger partial charge on any atom is 0.272 e. The highest BCUT2D eigenvalue weighted by molar-refractivity contribution is 5.92. The Bertz CT molecular complexity index is 642. The van der Waals surface area contributed by atoms with Gasteiger partial charge in [0, 0.05) is 19.9 Å². The Hall–Kier alpha value is -2.18. The van der Waals surface area contributed by atoms with E-state index in [4.69, 9.17) is 9.47 Å². The van der Waals surface area contributed by atoms with Crippen molar-refractivity contribution in [2.75, 3.05) is 13.2 Å². The Balaban J connectivity index is 1.58. The maximum absolute atomic E-state index is 12.2. The minimum Gasteiger partial charge on any atom is -0.379 e. The number of nitrogens with one attached hydrogen (secondary N) is 1. The van der Waals surface area contributed by atoms with Gasteiger partial charge in [-0.05, 0) is 18.1 Å². The third-order valence-corrected chi connectivity index (χ3v) is 3.86. The van der Waals surface area contributed by atoms with Crippen LogP contribution in [0.25, 0.3) is 0 Å². The van der Waals surface area contributed by atoms with Crippen LogP contribution in [0.4, 0.5) is 0 Å². The van der Waals surface area contributed by atoms with E-state index in [1.54, 1.807) is 24.0 Å². The van der Waals surface area contributed by atoms with Gasteiger partial charge in [-0.2, -0.15) is 5.10 Å². The van der Waals surface area contributed by atoms with Crippen molar-refractivity contribution < 1.29 is 14.3 Å². The lowest BCUT2D eigenvalue weighted by Crippen LogP contribution is -2.50. The summed E-state index contributed by atoms with van der Waals surface area (Å²) in [6.45, 7) is 1.63. The third-order valence-electron chi connectivity index (χ3n) is 3.86. The van der Waals surface area contributed by atoms with Gasteiger partial charge in [-0.25, -0.2) is 0 Å². The molecule has 0 aliphatic carbocycles. The average Bonchev–Trinajstić information content (AvgIpc) is 3.02. The molecule has 2 heterocycles. The van der Waals surface area contributed by atoms with Gasteiger partial charge in [0.05, 0.1) is 25.4 Å². The molecule has 1 amide bonds. The first kappa shape index (κ1) is 15.7. The number of hydrogen-bond acceptors (Lipinski definition) is 4. The normalized spacial score (nSPS) is 21.1. The Kier molecular flexibility index (Phi) is 5.05. The van der Waals surface area contributed by atoms with Crippen LogP contribution < -0.4 is 5.32 Å². The van der Waals surface area contributed by atoms with E-state index < -0.39 is 0 Å². The predicted molar refractivity (Wildman–Crippen MR) is 84.9 cm³/mol. The highest BCUT2D eigenvalue weighted by Crippen LogP contribution is 2.15. The Morgan fingerprint density at radius 2 is 2.22 bits per heavy atom. The molecule has 2 atom stereocenters. The van der Waals surface area contributed by atoms with Gasteiger partial charge in [0.25, 0.3) is 5.91 Å². The van der Waals surface area contributed by atoms with Gasteiger partial charge in [0.15, 0.2) is 0 Å². The lowest BCUT2D eigenvalue weighted by atomic mass is 10.1. The minimum atomic E-state index is -0.200. The molecule has 3 rings (SSSR count). The third kappa shape index (κ3) is 4.18. The fourth-order valence-electron chi connectivity index (χ4n) is 2.61. The van der Waals surface area contributed by atoms with Crippen LogP contribution in [0.2, 0.25) is 0 Å². The van der Waals surface area contributed by atoms with E-state index in [0.29, 0.717) is 25.5 Å². The van der Waals surface area contributed by atoms with Crippen molar-refractivity contribution in [2.24, 2.45) is 7.05 Å². The standard InChI is InChI=1S/C17H21N3O3/c1-20-9-7-14(19-20)17(21)18-15-12-22-10-8-16(15)23-11-13-5-3-2-4-6-13/h2-7,9,15-16H,8,10-12H2,1H3,(H,18,21)/t15-,16+/m1/s1. The number of carbonyl (C=O) groups is 1. The van der Waals surface area contributed by atoms with Crippen LogP contribution in [-0.2, 0) is 23.1 Å². The SMILES string of the molecule is Cn1ccc(C(=O)N[C@@H]2COCC[C@@H]2OCc2ccccc2)n1. The molecule has 0 unspecified atom stereocenters. The van der Waals surface area contributed by atoms with Crippen molar-refractivity contribution in [3.8, 4) is 0 Å². The topological polar surface area (TPSA) is 65.4 Å². The van der Waals surface area contributed by atoms with Crippen molar-refractivity contribution in [1.82, 2.24) is 15.1 Å². The van der Waals surface area contributed by atoms with Gasteiger partial charge in [-0.15, -0.1) is 0 Å². The molecule has 1 fully saturated rings. The lowest BCUT2D eigenvalue weighted by molar-refractivity contribution is -0.0605. The highest BCUT2D eigenvalue weighted by Gasteiger charge is 2.28. The zero-order valence-corrected chi connectivity index (χ0v) is 13.1. The summed E-state index contributed by atoms with van der Waals surface area (Å²) in [5, 5.41) is 7.09. The van der Waals surface area contributed by atoms with E-state index in [2.05, 4.69) is 10.4 Å². The van der Waals surface area contributed by atoms with Crippen LogP contribution >= 0.6 is 0 Å². The first-order chi connectivity index (χ1) is 11.2. The molecule has 23 heavy (non-hydrogen) atoms. The van der Waals surface area contributed by atoms with Crippen LogP contribution in [0.15, 0.2) is 42.6 Å². The van der Waals surface area contributed by atoms with E-state index in [-0.39, 0.29) is 18.1 Å². The van der Waals surface area contributed by atoms with E-state index in [1.165, 1.54) is 0 Å². The fourth-order valence-corrected chi connectivity index (χ4v) is 2.61. The van der Waals surface area contributed by atoms with Gasteiger partial charge < -0.3 is 14.8 Å². The van der Waals surface area contributed by atoms with Crippen LogP contribution in [0.5, 0.6) is 0 Å². The fraction of sp³-hybridized carbons (Fsp3) is 0.412. The Morgan fingerprint density at radius 1 is 1.39 bits per heavy atom. The van der Waals surface area contributed by atoms with Crippen molar-refractivity contribution in [1.29, 1.82) is 0 Å². The zero-order valence-electron chi connectivity index (χ0n) is 13.1. The number of aromatic nitrogens is 2. The number of ether oxygens (including phenoxy) is 2. The quantitative estimate of drug-likeness (QED) is 0.908. The Labute approximate surface area is 135 Å². The van der Waals surface area contributed by atoms with E-state index in [1.807, 2.05) is 30.3 Å². The number of carbonyl (C=O) groups excluding carboxylic acids is 1. The molecule has 1 aromatic carbocycles. The molecule has 6 nitrogen and oxygen atoms in total. The number of aryl methyl sites for hydroxylation is 1. The van der Waals surface area contributed by atoms with Crippen molar-refractivity contribution in [3.63, 3.8) is 0 Å². The van der Waals surface area contributed by atoms with Crippen LogP contribution in [0.3, 0.4) is 0 Å². The van der Waals surface area contributed by atoms with Crippen molar-refractivity contribution >= 4 is 5.91 Å². The zero-order chi connectivity index (χ0) is 16.1. The molecule has 2 aromatic rings. The van der Waals surface area contributed by atoms with E-state index >= 15 is 0 Å². The number of amides is 1. The largest absolute Gasteiger partial charge is 0.379 e. The number of hydrogen-bond donors (Lipinski definition) is 1. The molecule has 1 N–H and O–H groups in total. The summed E-state index contributed by atoms with van der Waals surface area (Å²) in [7, 11) is 1.78. The summed E-state index contributed by atoms with van der Waals surface area (Å²) in [5.41, 5.74) is 1.52. The molecule has 6 heteroatoms. The van der Waals surface area contributed by atoms with Gasteiger partial charge in [-0.1, -0.05) is 30.3 Å². The van der Waals surface area contributed by atoms with Crippen LogP contribution in [-0.4, -0.2) is 41.0 Å². The maximum atomic E-state index is 12.2. The lowest BCUT2D eigenvalue weighted by Gasteiger charge is -2.32. The molecule has 0 radical (unpaired) electrons. The first-order valence-electron chi connectivity index (χ1n) is 7.76. The molecule has 0 spiro atoms. The van der Waals surface area contributed by atoms with Gasteiger partial charge in [0.2, 0.25) is 0 Å². The van der Waals surface area contributed by atoms with E-state index in [0.717, 1.165) is 12.0 Å². The molecule has 0 bridgehead atoms. The summed E-state index contributed by atoms with van der Waals surface area (Å²) in [6.07, 6.45) is 2.45. The monoisotopic (exact) mass is 315 g/mol. The first-order valence-corrected chi connectivity index (χ1v) is 7.76. The summed E-state index contributed by atoms with van der Waals surface area (Å²) in [6, 6.07) is 11.5. The number of nitrogens with zero attached hydrogens (tertiary/aromatic N) is 2. The summed E-state index contributed by atoms with van der Waals surface area (Å²) >= 11 is 0.